The number of Topliss-reactive ketones (excluding diaryl/α,β-unsaturated/α-hetero) is 1. The Kier molecular flexibility index (Phi) is 3.43. The molecule has 17 heavy (non-hydrogen) atoms. The fraction of sp³-hybridized carbons (Fsp3) is 0.692. The largest absolute Gasteiger partial charge is 0.292 e. The van der Waals surface area contributed by atoms with Gasteiger partial charge in [0.1, 0.15) is 5.69 Å². The molecule has 0 saturated heterocycles. The second-order valence-electron chi connectivity index (χ2n) is 5.45. The van der Waals surface area contributed by atoms with E-state index >= 15 is 0 Å². The molecule has 1 saturated carbocycles. The Morgan fingerprint density at radius 1 is 1.65 bits per heavy atom. The van der Waals surface area contributed by atoms with Crippen LogP contribution < -0.4 is 0 Å². The van der Waals surface area contributed by atoms with Crippen molar-refractivity contribution >= 4 is 21.7 Å². The zero-order valence-corrected chi connectivity index (χ0v) is 12.2. The minimum absolute atomic E-state index is 0.124. The number of nitrogens with zero attached hydrogens (tertiary/aromatic N) is 2. The summed E-state index contributed by atoms with van der Waals surface area (Å²) in [6.07, 6.45) is 5.02. The molecule has 1 aliphatic carbocycles. The Hall–Kier alpha value is -0.640. The van der Waals surface area contributed by atoms with Gasteiger partial charge in [0.25, 0.3) is 0 Å². The number of carbonyl (C=O) groups is 1. The maximum Gasteiger partial charge on any atom is 0.185 e. The van der Waals surface area contributed by atoms with E-state index in [0.717, 1.165) is 36.0 Å². The maximum atomic E-state index is 12.6. The summed E-state index contributed by atoms with van der Waals surface area (Å²) in [5.41, 5.74) is 0.867. The average molecular weight is 299 g/mol. The number of hydrogen-bond donors (Lipinski definition) is 0. The van der Waals surface area contributed by atoms with E-state index in [-0.39, 0.29) is 17.1 Å². The predicted octanol–water partition coefficient (Wildman–Crippen LogP) is 3.67. The van der Waals surface area contributed by atoms with Crippen molar-refractivity contribution in [2.75, 3.05) is 0 Å². The standard InChI is InChI=1S/C13H19BrN2O/c1-4-16-11(10(14)8-15-16)12(17)9-6-5-7-13(9,2)3/h8-9H,4-7H2,1-3H3. The van der Waals surface area contributed by atoms with Gasteiger partial charge in [0.2, 0.25) is 0 Å². The first-order valence-electron chi connectivity index (χ1n) is 6.23. The third kappa shape index (κ3) is 2.19. The van der Waals surface area contributed by atoms with E-state index in [2.05, 4.69) is 34.9 Å². The molecular weight excluding hydrogens is 280 g/mol. The molecule has 1 atom stereocenters. The number of ketones is 1. The zero-order valence-electron chi connectivity index (χ0n) is 10.7. The van der Waals surface area contributed by atoms with Crippen molar-refractivity contribution in [3.8, 4) is 0 Å². The lowest BCUT2D eigenvalue weighted by Crippen LogP contribution is -2.28. The minimum Gasteiger partial charge on any atom is -0.292 e. The molecule has 0 N–H and O–H groups in total. The molecule has 1 fully saturated rings. The highest BCUT2D eigenvalue weighted by molar-refractivity contribution is 9.10. The van der Waals surface area contributed by atoms with E-state index in [0.29, 0.717) is 0 Å². The smallest absolute Gasteiger partial charge is 0.185 e. The SMILES string of the molecule is CCn1ncc(Br)c1C(=O)C1CCCC1(C)C. The molecular formula is C13H19BrN2O. The Labute approximate surface area is 111 Å². The van der Waals surface area contributed by atoms with Crippen LogP contribution in [-0.2, 0) is 6.54 Å². The van der Waals surface area contributed by atoms with Crippen LogP contribution in [0.4, 0.5) is 0 Å². The summed E-state index contributed by atoms with van der Waals surface area (Å²) in [5, 5.41) is 4.22. The second-order valence-corrected chi connectivity index (χ2v) is 6.31. The maximum absolute atomic E-state index is 12.6. The van der Waals surface area contributed by atoms with E-state index < -0.39 is 0 Å². The molecule has 2 rings (SSSR count). The van der Waals surface area contributed by atoms with Crippen molar-refractivity contribution in [1.29, 1.82) is 0 Å². The Morgan fingerprint density at radius 2 is 2.35 bits per heavy atom. The van der Waals surface area contributed by atoms with Crippen LogP contribution in [0.3, 0.4) is 0 Å². The van der Waals surface area contributed by atoms with Crippen LogP contribution >= 0.6 is 15.9 Å². The lowest BCUT2D eigenvalue weighted by molar-refractivity contribution is 0.0827. The summed E-state index contributed by atoms with van der Waals surface area (Å²) in [6, 6.07) is 0. The van der Waals surface area contributed by atoms with Crippen LogP contribution in [-0.4, -0.2) is 15.6 Å². The van der Waals surface area contributed by atoms with Crippen LogP contribution in [0.25, 0.3) is 0 Å². The minimum atomic E-state index is 0.124. The van der Waals surface area contributed by atoms with Crippen molar-refractivity contribution in [3.63, 3.8) is 0 Å². The van der Waals surface area contributed by atoms with Crippen molar-refractivity contribution in [3.05, 3.63) is 16.4 Å². The van der Waals surface area contributed by atoms with E-state index in [4.69, 9.17) is 0 Å². The van der Waals surface area contributed by atoms with Gasteiger partial charge in [-0.25, -0.2) is 0 Å². The zero-order chi connectivity index (χ0) is 12.6. The average Bonchev–Trinajstić information content (AvgIpc) is 2.80. The van der Waals surface area contributed by atoms with Gasteiger partial charge in [-0.05, 0) is 41.1 Å². The third-order valence-corrected chi connectivity index (χ3v) is 4.48. The lowest BCUT2D eigenvalue weighted by Gasteiger charge is -2.25. The fourth-order valence-corrected chi connectivity index (χ4v) is 3.32. The van der Waals surface area contributed by atoms with E-state index in [1.807, 2.05) is 6.92 Å². The molecule has 4 heteroatoms. The molecule has 0 aliphatic heterocycles. The number of aromatic nitrogens is 2. The normalized spacial score (nSPS) is 22.9. The molecule has 1 unspecified atom stereocenters. The van der Waals surface area contributed by atoms with E-state index in [1.54, 1.807) is 10.9 Å². The topological polar surface area (TPSA) is 34.9 Å². The molecule has 1 aromatic heterocycles. The summed E-state index contributed by atoms with van der Waals surface area (Å²) < 4.78 is 2.62. The summed E-state index contributed by atoms with van der Waals surface area (Å²) >= 11 is 3.44. The van der Waals surface area contributed by atoms with Gasteiger partial charge in [0.15, 0.2) is 5.78 Å². The van der Waals surface area contributed by atoms with Crippen molar-refractivity contribution in [1.82, 2.24) is 9.78 Å². The molecule has 0 radical (unpaired) electrons. The van der Waals surface area contributed by atoms with Crippen molar-refractivity contribution < 1.29 is 4.79 Å². The van der Waals surface area contributed by atoms with Gasteiger partial charge in [0.05, 0.1) is 10.7 Å². The van der Waals surface area contributed by atoms with Crippen LogP contribution in [0.5, 0.6) is 0 Å². The number of aryl methyl sites for hydroxylation is 1. The first-order chi connectivity index (χ1) is 7.97. The Morgan fingerprint density at radius 3 is 2.88 bits per heavy atom. The van der Waals surface area contributed by atoms with E-state index in [1.165, 1.54) is 0 Å². The van der Waals surface area contributed by atoms with Gasteiger partial charge in [-0.1, -0.05) is 20.3 Å². The lowest BCUT2D eigenvalue weighted by atomic mass is 9.78. The van der Waals surface area contributed by atoms with Gasteiger partial charge in [0, 0.05) is 12.5 Å². The summed E-state index contributed by atoms with van der Waals surface area (Å²) in [7, 11) is 0. The quantitative estimate of drug-likeness (QED) is 0.798. The van der Waals surface area contributed by atoms with Gasteiger partial charge in [-0.2, -0.15) is 5.10 Å². The van der Waals surface area contributed by atoms with Gasteiger partial charge < -0.3 is 0 Å². The van der Waals surface area contributed by atoms with Crippen LogP contribution in [0.2, 0.25) is 0 Å². The van der Waals surface area contributed by atoms with Gasteiger partial charge in [-0.15, -0.1) is 0 Å². The molecule has 0 bridgehead atoms. The molecule has 1 heterocycles. The summed E-state index contributed by atoms with van der Waals surface area (Å²) in [4.78, 5) is 12.6. The van der Waals surface area contributed by atoms with Crippen LogP contribution in [0.1, 0.15) is 50.5 Å². The third-order valence-electron chi connectivity index (χ3n) is 3.90. The number of halogens is 1. The molecule has 0 spiro atoms. The molecule has 3 nitrogen and oxygen atoms in total. The fourth-order valence-electron chi connectivity index (χ4n) is 2.82. The number of carbonyl (C=O) groups excluding carboxylic acids is 1. The van der Waals surface area contributed by atoms with Crippen LogP contribution in [0, 0.1) is 11.3 Å². The highest BCUT2D eigenvalue weighted by Gasteiger charge is 2.41. The number of rotatable bonds is 3. The highest BCUT2D eigenvalue weighted by atomic mass is 79.9. The Balaban J connectivity index is 2.34. The first kappa shape index (κ1) is 12.8. The number of hydrogen-bond acceptors (Lipinski definition) is 2. The summed E-state index contributed by atoms with van der Waals surface area (Å²) in [6.45, 7) is 7.14. The predicted molar refractivity (Wildman–Crippen MR) is 71.1 cm³/mol. The van der Waals surface area contributed by atoms with Gasteiger partial charge >= 0.3 is 0 Å². The first-order valence-corrected chi connectivity index (χ1v) is 7.02. The molecule has 1 aliphatic rings. The summed E-state index contributed by atoms with van der Waals surface area (Å²) in [5.74, 6) is 0.388. The molecule has 94 valence electrons. The van der Waals surface area contributed by atoms with Crippen molar-refractivity contribution in [2.45, 2.75) is 46.6 Å². The molecule has 1 aromatic rings. The highest BCUT2D eigenvalue weighted by Crippen LogP contribution is 2.44. The second kappa shape index (κ2) is 4.56. The molecule has 0 amide bonds. The van der Waals surface area contributed by atoms with Crippen LogP contribution in [0.15, 0.2) is 10.7 Å². The monoisotopic (exact) mass is 298 g/mol. The van der Waals surface area contributed by atoms with Crippen molar-refractivity contribution in [2.24, 2.45) is 11.3 Å². The van der Waals surface area contributed by atoms with Gasteiger partial charge in [-0.3, -0.25) is 9.48 Å². The van der Waals surface area contributed by atoms with E-state index in [9.17, 15) is 4.79 Å². The Bertz CT molecular complexity index is 437. The molecule has 0 aromatic carbocycles.